The Bertz CT molecular complexity index is 605. The highest BCUT2D eigenvalue weighted by Crippen LogP contribution is 2.22. The molecule has 1 aliphatic rings. The van der Waals surface area contributed by atoms with Crippen molar-refractivity contribution in [3.63, 3.8) is 0 Å². The van der Waals surface area contributed by atoms with Crippen LogP contribution in [0.5, 0.6) is 0 Å². The molecular weight excluding hydrogens is 286 g/mol. The van der Waals surface area contributed by atoms with Gasteiger partial charge in [-0.2, -0.15) is 0 Å². The molecule has 1 N–H and O–H groups in total. The molecule has 0 amide bonds. The molecule has 0 bridgehead atoms. The molecule has 2 aromatic rings. The van der Waals surface area contributed by atoms with Crippen LogP contribution in [0.1, 0.15) is 32.0 Å². The van der Waals surface area contributed by atoms with Crippen LogP contribution in [0.15, 0.2) is 18.2 Å². The second kappa shape index (κ2) is 6.77. The van der Waals surface area contributed by atoms with Crippen LogP contribution in [-0.4, -0.2) is 28.7 Å². The second-order valence-electron chi connectivity index (χ2n) is 5.57. The Morgan fingerprint density at radius 1 is 1.38 bits per heavy atom. The van der Waals surface area contributed by atoms with Gasteiger partial charge in [0.1, 0.15) is 12.4 Å². The van der Waals surface area contributed by atoms with E-state index in [2.05, 4.69) is 16.8 Å². The Morgan fingerprint density at radius 2 is 2.19 bits per heavy atom. The molecule has 0 aliphatic carbocycles. The van der Waals surface area contributed by atoms with Crippen molar-refractivity contribution in [2.75, 3.05) is 13.1 Å². The van der Waals surface area contributed by atoms with Crippen molar-refractivity contribution in [2.45, 2.75) is 45.4 Å². The summed E-state index contributed by atoms with van der Waals surface area (Å²) in [4.78, 5) is 4.72. The molecule has 1 saturated heterocycles. The van der Waals surface area contributed by atoms with Gasteiger partial charge in [-0.05, 0) is 50.6 Å². The fourth-order valence-electron chi connectivity index (χ4n) is 2.88. The number of aryl methyl sites for hydroxylation is 1. The van der Waals surface area contributed by atoms with Crippen molar-refractivity contribution >= 4 is 22.6 Å². The summed E-state index contributed by atoms with van der Waals surface area (Å²) in [5, 5.41) is 4.11. The van der Waals surface area contributed by atoms with Gasteiger partial charge in [0.25, 0.3) is 0 Å². The van der Waals surface area contributed by atoms with Gasteiger partial charge in [0, 0.05) is 11.6 Å². The normalized spacial score (nSPS) is 16.7. The molecule has 5 heteroatoms. The molecular formula is C16H22ClN3O. The van der Waals surface area contributed by atoms with Crippen LogP contribution in [-0.2, 0) is 17.9 Å². The van der Waals surface area contributed by atoms with Crippen molar-refractivity contribution in [1.29, 1.82) is 0 Å². The molecule has 0 radical (unpaired) electrons. The first-order chi connectivity index (χ1) is 10.3. The molecule has 0 saturated carbocycles. The standard InChI is InChI=1S/C16H22ClN3O/c1-2-9-20-15-10-12(17)3-4-14(15)19-16(20)11-21-13-5-7-18-8-6-13/h3-4,10,13,18H,2,5-9,11H2,1H3. The number of piperidine rings is 1. The van der Waals surface area contributed by atoms with Crippen molar-refractivity contribution in [3.05, 3.63) is 29.0 Å². The van der Waals surface area contributed by atoms with Crippen LogP contribution < -0.4 is 5.32 Å². The van der Waals surface area contributed by atoms with E-state index < -0.39 is 0 Å². The van der Waals surface area contributed by atoms with Crippen LogP contribution in [0.3, 0.4) is 0 Å². The van der Waals surface area contributed by atoms with Gasteiger partial charge in [0.2, 0.25) is 0 Å². The topological polar surface area (TPSA) is 39.1 Å². The van der Waals surface area contributed by atoms with Gasteiger partial charge in [0.15, 0.2) is 0 Å². The number of fused-ring (bicyclic) bond motifs is 1. The highest BCUT2D eigenvalue weighted by molar-refractivity contribution is 6.31. The van der Waals surface area contributed by atoms with Crippen molar-refractivity contribution in [1.82, 2.24) is 14.9 Å². The highest BCUT2D eigenvalue weighted by Gasteiger charge is 2.16. The van der Waals surface area contributed by atoms with E-state index in [0.29, 0.717) is 12.7 Å². The molecule has 3 rings (SSSR count). The predicted octanol–water partition coefficient (Wildman–Crippen LogP) is 3.37. The first kappa shape index (κ1) is 14.8. The SMILES string of the molecule is CCCn1c(COC2CCNCC2)nc2ccc(Cl)cc21. The van der Waals surface area contributed by atoms with Gasteiger partial charge in [-0.25, -0.2) is 4.98 Å². The summed E-state index contributed by atoms with van der Waals surface area (Å²) in [5.41, 5.74) is 2.10. The molecule has 0 unspecified atom stereocenters. The first-order valence-electron chi connectivity index (χ1n) is 7.75. The van der Waals surface area contributed by atoms with Crippen LogP contribution >= 0.6 is 11.6 Å². The summed E-state index contributed by atoms with van der Waals surface area (Å²) in [6.07, 6.45) is 3.59. The minimum absolute atomic E-state index is 0.352. The number of ether oxygens (including phenoxy) is 1. The Balaban J connectivity index is 1.81. The first-order valence-corrected chi connectivity index (χ1v) is 8.12. The number of nitrogens with one attached hydrogen (secondary N) is 1. The maximum absolute atomic E-state index is 6.12. The predicted molar refractivity (Wildman–Crippen MR) is 85.7 cm³/mol. The average Bonchev–Trinajstić information content (AvgIpc) is 2.84. The highest BCUT2D eigenvalue weighted by atomic mass is 35.5. The minimum Gasteiger partial charge on any atom is -0.370 e. The Morgan fingerprint density at radius 3 is 2.95 bits per heavy atom. The van der Waals surface area contributed by atoms with Crippen LogP contribution in [0.25, 0.3) is 11.0 Å². The lowest BCUT2D eigenvalue weighted by molar-refractivity contribution is 0.0166. The molecule has 1 aromatic carbocycles. The smallest absolute Gasteiger partial charge is 0.136 e. The van der Waals surface area contributed by atoms with Gasteiger partial charge >= 0.3 is 0 Å². The molecule has 1 aromatic heterocycles. The van der Waals surface area contributed by atoms with Crippen molar-refractivity contribution in [3.8, 4) is 0 Å². The van der Waals surface area contributed by atoms with E-state index in [1.807, 2.05) is 18.2 Å². The summed E-state index contributed by atoms with van der Waals surface area (Å²) in [6.45, 7) is 5.80. The molecule has 1 aliphatic heterocycles. The quantitative estimate of drug-likeness (QED) is 0.920. The Kier molecular flexibility index (Phi) is 4.78. The largest absolute Gasteiger partial charge is 0.370 e. The van der Waals surface area contributed by atoms with Gasteiger partial charge < -0.3 is 14.6 Å². The van der Waals surface area contributed by atoms with E-state index in [0.717, 1.165) is 60.8 Å². The number of imidazole rings is 1. The third-order valence-corrected chi connectivity index (χ3v) is 4.21. The van der Waals surface area contributed by atoms with E-state index in [4.69, 9.17) is 21.3 Å². The fraction of sp³-hybridized carbons (Fsp3) is 0.562. The molecule has 21 heavy (non-hydrogen) atoms. The number of aromatic nitrogens is 2. The second-order valence-corrected chi connectivity index (χ2v) is 6.01. The lowest BCUT2D eigenvalue weighted by atomic mass is 10.1. The number of rotatable bonds is 5. The number of halogens is 1. The number of nitrogens with zero attached hydrogens (tertiary/aromatic N) is 2. The Hall–Kier alpha value is -1.10. The summed E-state index contributed by atoms with van der Waals surface area (Å²) < 4.78 is 8.30. The lowest BCUT2D eigenvalue weighted by Gasteiger charge is -2.22. The van der Waals surface area contributed by atoms with Crippen molar-refractivity contribution in [2.24, 2.45) is 0 Å². The van der Waals surface area contributed by atoms with Gasteiger partial charge in [-0.3, -0.25) is 0 Å². The molecule has 1 fully saturated rings. The zero-order valence-corrected chi connectivity index (χ0v) is 13.2. The summed E-state index contributed by atoms with van der Waals surface area (Å²) >= 11 is 6.12. The number of hydrogen-bond donors (Lipinski definition) is 1. The lowest BCUT2D eigenvalue weighted by Crippen LogP contribution is -2.32. The molecule has 114 valence electrons. The zero-order valence-electron chi connectivity index (χ0n) is 12.4. The summed E-state index contributed by atoms with van der Waals surface area (Å²) in [6, 6.07) is 5.87. The maximum Gasteiger partial charge on any atom is 0.136 e. The molecule has 0 atom stereocenters. The van der Waals surface area contributed by atoms with Gasteiger partial charge in [0.05, 0.1) is 17.1 Å². The molecule has 2 heterocycles. The third-order valence-electron chi connectivity index (χ3n) is 3.97. The maximum atomic E-state index is 6.12. The van der Waals surface area contributed by atoms with Crippen LogP contribution in [0.2, 0.25) is 5.02 Å². The van der Waals surface area contributed by atoms with E-state index in [1.165, 1.54) is 0 Å². The zero-order chi connectivity index (χ0) is 14.7. The van der Waals surface area contributed by atoms with E-state index in [1.54, 1.807) is 0 Å². The number of benzene rings is 1. The van der Waals surface area contributed by atoms with Crippen LogP contribution in [0, 0.1) is 0 Å². The molecule has 4 nitrogen and oxygen atoms in total. The minimum atomic E-state index is 0.352. The summed E-state index contributed by atoms with van der Waals surface area (Å²) in [5.74, 6) is 1.01. The average molecular weight is 308 g/mol. The monoisotopic (exact) mass is 307 g/mol. The van der Waals surface area contributed by atoms with Crippen LogP contribution in [0.4, 0.5) is 0 Å². The molecule has 0 spiro atoms. The summed E-state index contributed by atoms with van der Waals surface area (Å²) in [7, 11) is 0. The van der Waals surface area contributed by atoms with Gasteiger partial charge in [-0.15, -0.1) is 0 Å². The number of hydrogen-bond acceptors (Lipinski definition) is 3. The van der Waals surface area contributed by atoms with Crippen molar-refractivity contribution < 1.29 is 4.74 Å². The fourth-order valence-corrected chi connectivity index (χ4v) is 3.05. The van der Waals surface area contributed by atoms with E-state index >= 15 is 0 Å². The Labute approximate surface area is 130 Å². The third kappa shape index (κ3) is 3.39. The van der Waals surface area contributed by atoms with E-state index in [-0.39, 0.29) is 0 Å². The van der Waals surface area contributed by atoms with Gasteiger partial charge in [-0.1, -0.05) is 18.5 Å². The van der Waals surface area contributed by atoms with E-state index in [9.17, 15) is 0 Å².